The van der Waals surface area contributed by atoms with E-state index in [0.29, 0.717) is 5.41 Å². The molecule has 0 unspecified atom stereocenters. The Morgan fingerprint density at radius 2 is 1.56 bits per heavy atom. The second-order valence-electron chi connectivity index (χ2n) is 2.82. The van der Waals surface area contributed by atoms with Crippen LogP contribution in [0.2, 0.25) is 10.6 Å². The molecule has 0 aromatic rings. The topological polar surface area (TPSA) is 0 Å². The van der Waals surface area contributed by atoms with Crippen molar-refractivity contribution < 1.29 is 0 Å². The van der Waals surface area contributed by atoms with Crippen molar-refractivity contribution in [2.45, 2.75) is 24.5 Å². The fourth-order valence-corrected chi connectivity index (χ4v) is 17.9. The van der Waals surface area contributed by atoms with Gasteiger partial charge in [-0.3, -0.25) is 0 Å². The Kier molecular flexibility index (Phi) is 3.87. The molecule has 1 saturated heterocycles. The first kappa shape index (κ1) is 8.83. The zero-order chi connectivity index (χ0) is 6.74. The second-order valence-corrected chi connectivity index (χ2v) is 13.7. The van der Waals surface area contributed by atoms with Crippen LogP contribution in [0.5, 0.6) is 0 Å². The van der Waals surface area contributed by atoms with E-state index in [9.17, 15) is 0 Å². The van der Waals surface area contributed by atoms with Gasteiger partial charge in [-0.05, 0) is 0 Å². The molecule has 1 rings (SSSR count). The second kappa shape index (κ2) is 3.94. The summed E-state index contributed by atoms with van der Waals surface area (Å²) < 4.78 is 0. The van der Waals surface area contributed by atoms with Gasteiger partial charge in [0.25, 0.3) is 0 Å². The Labute approximate surface area is 75.5 Å². The molecule has 1 fully saturated rings. The summed E-state index contributed by atoms with van der Waals surface area (Å²) in [6.07, 6.45) is 0. The van der Waals surface area contributed by atoms with Crippen molar-refractivity contribution in [2.24, 2.45) is 5.41 Å². The molecule has 0 nitrogen and oxygen atoms in total. The van der Waals surface area contributed by atoms with Crippen LogP contribution in [-0.2, 0) is 0 Å². The molecule has 0 atom stereocenters. The van der Waals surface area contributed by atoms with Gasteiger partial charge in [-0.2, -0.15) is 0 Å². The van der Waals surface area contributed by atoms with E-state index in [1.54, 1.807) is 0 Å². The molecule has 0 aliphatic carbocycles. The van der Waals surface area contributed by atoms with Crippen molar-refractivity contribution in [1.82, 2.24) is 0 Å². The summed E-state index contributed by atoms with van der Waals surface area (Å²) in [7, 11) is 4.25. The standard InChI is InChI=1S/C5H10S2Se2/c1-5(2)3-8-6-7-9-4-5/h3-4H2,1-2H3. The van der Waals surface area contributed by atoms with Crippen molar-refractivity contribution in [3.05, 3.63) is 0 Å². The molecule has 0 saturated carbocycles. The molecule has 1 aliphatic rings. The van der Waals surface area contributed by atoms with Crippen molar-refractivity contribution in [3.8, 4) is 0 Å². The van der Waals surface area contributed by atoms with Crippen LogP contribution in [0.15, 0.2) is 0 Å². The summed E-state index contributed by atoms with van der Waals surface area (Å²) in [6, 6.07) is 0. The predicted octanol–water partition coefficient (Wildman–Crippen LogP) is 2.48. The fourth-order valence-electron chi connectivity index (χ4n) is 0.448. The minimum atomic E-state index is 0.677. The first-order chi connectivity index (χ1) is 4.21. The Balaban J connectivity index is 2.36. The average Bonchev–Trinajstić information content (AvgIpc) is 1.92. The molecular weight excluding hydrogens is 282 g/mol. The van der Waals surface area contributed by atoms with Crippen LogP contribution in [0.25, 0.3) is 0 Å². The van der Waals surface area contributed by atoms with Crippen LogP contribution in [-0.4, -0.2) is 27.7 Å². The monoisotopic (exact) mass is 294 g/mol. The van der Waals surface area contributed by atoms with E-state index in [0.717, 1.165) is 27.7 Å². The SMILES string of the molecule is CC1(C)C[Se]SS[Se]C1. The number of hydrogen-bond acceptors (Lipinski definition) is 2. The van der Waals surface area contributed by atoms with Crippen molar-refractivity contribution >= 4 is 46.1 Å². The maximum atomic E-state index is 2.41. The summed E-state index contributed by atoms with van der Waals surface area (Å²) in [6.45, 7) is 4.81. The van der Waals surface area contributed by atoms with Crippen LogP contribution in [0.3, 0.4) is 0 Å². The van der Waals surface area contributed by atoms with Crippen LogP contribution in [0, 0.1) is 5.41 Å². The van der Waals surface area contributed by atoms with E-state index >= 15 is 0 Å². The zero-order valence-corrected chi connectivity index (χ0v) is 10.6. The van der Waals surface area contributed by atoms with Gasteiger partial charge in [0.05, 0.1) is 0 Å². The molecule has 0 bridgehead atoms. The molecule has 0 radical (unpaired) electrons. The van der Waals surface area contributed by atoms with E-state index in [2.05, 4.69) is 32.3 Å². The van der Waals surface area contributed by atoms with E-state index < -0.39 is 0 Å². The minimum absolute atomic E-state index is 0.677. The van der Waals surface area contributed by atoms with Gasteiger partial charge in [-0.1, -0.05) is 0 Å². The molecule has 1 heterocycles. The average molecular weight is 292 g/mol. The summed E-state index contributed by atoms with van der Waals surface area (Å²) in [5.74, 6) is 0. The molecule has 4 heteroatoms. The van der Waals surface area contributed by atoms with Crippen molar-refractivity contribution in [3.63, 3.8) is 0 Å². The van der Waals surface area contributed by atoms with Gasteiger partial charge < -0.3 is 0 Å². The van der Waals surface area contributed by atoms with Gasteiger partial charge in [0, 0.05) is 0 Å². The Morgan fingerprint density at radius 3 is 2.00 bits per heavy atom. The summed E-state index contributed by atoms with van der Waals surface area (Å²) >= 11 is 1.73. The van der Waals surface area contributed by atoms with Gasteiger partial charge in [-0.25, -0.2) is 0 Å². The van der Waals surface area contributed by atoms with Gasteiger partial charge in [0.1, 0.15) is 0 Å². The molecule has 0 amide bonds. The summed E-state index contributed by atoms with van der Waals surface area (Å²) in [5, 5.41) is 2.94. The first-order valence-electron chi connectivity index (χ1n) is 2.78. The van der Waals surface area contributed by atoms with Crippen LogP contribution in [0.4, 0.5) is 0 Å². The maximum absolute atomic E-state index is 2.41. The van der Waals surface area contributed by atoms with Crippen LogP contribution < -0.4 is 0 Å². The van der Waals surface area contributed by atoms with Crippen LogP contribution in [0.1, 0.15) is 13.8 Å². The van der Waals surface area contributed by atoms with Gasteiger partial charge in [0.2, 0.25) is 0 Å². The third kappa shape index (κ3) is 3.59. The first-order valence-corrected chi connectivity index (χ1v) is 11.4. The van der Waals surface area contributed by atoms with Crippen molar-refractivity contribution in [1.29, 1.82) is 0 Å². The third-order valence-corrected chi connectivity index (χ3v) is 17.1. The van der Waals surface area contributed by atoms with E-state index in [1.165, 1.54) is 10.6 Å². The molecule has 1 aliphatic heterocycles. The molecule has 54 valence electrons. The normalized spacial score (nSPS) is 27.3. The van der Waals surface area contributed by atoms with Crippen LogP contribution >= 0.6 is 18.4 Å². The third-order valence-electron chi connectivity index (χ3n) is 1.02. The molecule has 9 heavy (non-hydrogen) atoms. The fraction of sp³-hybridized carbons (Fsp3) is 1.00. The Hall–Kier alpha value is 1.74. The Morgan fingerprint density at radius 1 is 1.11 bits per heavy atom. The van der Waals surface area contributed by atoms with E-state index in [-0.39, 0.29) is 0 Å². The number of hydrogen-bond donors (Lipinski definition) is 0. The zero-order valence-electron chi connectivity index (χ0n) is 5.55. The summed E-state index contributed by atoms with van der Waals surface area (Å²) in [5.41, 5.74) is 0.677. The van der Waals surface area contributed by atoms with Crippen molar-refractivity contribution in [2.75, 3.05) is 0 Å². The Bertz CT molecular complexity index is 85.0. The molecule has 0 aromatic carbocycles. The van der Waals surface area contributed by atoms with Gasteiger partial charge >= 0.3 is 76.0 Å². The van der Waals surface area contributed by atoms with E-state index in [1.807, 2.05) is 0 Å². The molecule has 0 spiro atoms. The quantitative estimate of drug-likeness (QED) is 0.497. The van der Waals surface area contributed by atoms with E-state index in [4.69, 9.17) is 0 Å². The summed E-state index contributed by atoms with van der Waals surface area (Å²) in [4.78, 5) is 0. The molecule has 0 aromatic heterocycles. The van der Waals surface area contributed by atoms with Gasteiger partial charge in [0.15, 0.2) is 0 Å². The molecule has 0 N–H and O–H groups in total. The molecular formula is C5H10S2Se2. The van der Waals surface area contributed by atoms with Gasteiger partial charge in [-0.15, -0.1) is 0 Å². The predicted molar refractivity (Wildman–Crippen MR) is 50.1 cm³/mol. The number of rotatable bonds is 0.